The van der Waals surface area contributed by atoms with Gasteiger partial charge in [0.25, 0.3) is 0 Å². The summed E-state index contributed by atoms with van der Waals surface area (Å²) in [5.74, 6) is 0.658. The summed E-state index contributed by atoms with van der Waals surface area (Å²) in [6.07, 6.45) is 1.90. The van der Waals surface area contributed by atoms with Crippen LogP contribution < -0.4 is 0 Å². The van der Waals surface area contributed by atoms with Gasteiger partial charge in [0, 0.05) is 6.61 Å². The van der Waals surface area contributed by atoms with Gasteiger partial charge >= 0.3 is 0 Å². The van der Waals surface area contributed by atoms with E-state index in [-0.39, 0.29) is 6.61 Å². The molecule has 16 heavy (non-hydrogen) atoms. The van der Waals surface area contributed by atoms with Crippen molar-refractivity contribution >= 4 is 0 Å². The van der Waals surface area contributed by atoms with Gasteiger partial charge < -0.3 is 10.2 Å². The highest BCUT2D eigenvalue weighted by atomic mass is 16.3. The lowest BCUT2D eigenvalue weighted by molar-refractivity contribution is 0.152. The molecule has 0 amide bonds. The number of hydrogen-bond acceptors (Lipinski definition) is 2. The van der Waals surface area contributed by atoms with Crippen LogP contribution in [0.1, 0.15) is 43.9 Å². The van der Waals surface area contributed by atoms with E-state index in [1.807, 2.05) is 12.1 Å². The largest absolute Gasteiger partial charge is 0.396 e. The molecule has 1 atom stereocenters. The fourth-order valence-electron chi connectivity index (χ4n) is 1.80. The van der Waals surface area contributed by atoms with Crippen LogP contribution in [-0.4, -0.2) is 16.8 Å². The van der Waals surface area contributed by atoms with E-state index >= 15 is 0 Å². The van der Waals surface area contributed by atoms with E-state index < -0.39 is 6.10 Å². The Bertz CT molecular complexity index is 290. The van der Waals surface area contributed by atoms with Crippen LogP contribution >= 0.6 is 0 Å². The highest BCUT2D eigenvalue weighted by molar-refractivity contribution is 5.24. The van der Waals surface area contributed by atoms with Crippen LogP contribution in [0.4, 0.5) is 0 Å². The van der Waals surface area contributed by atoms with E-state index in [9.17, 15) is 5.11 Å². The molecule has 1 aromatic rings. The normalized spacial score (nSPS) is 13.1. The van der Waals surface area contributed by atoms with Gasteiger partial charge in [-0.15, -0.1) is 0 Å². The average molecular weight is 222 g/mol. The van der Waals surface area contributed by atoms with Crippen molar-refractivity contribution in [3.8, 4) is 0 Å². The second-order valence-electron chi connectivity index (χ2n) is 4.72. The zero-order valence-corrected chi connectivity index (χ0v) is 10.2. The van der Waals surface area contributed by atoms with Crippen LogP contribution in [0.3, 0.4) is 0 Å². The molecule has 0 saturated heterocycles. The van der Waals surface area contributed by atoms with Crippen molar-refractivity contribution in [2.75, 3.05) is 6.61 Å². The lowest BCUT2D eigenvalue weighted by Gasteiger charge is -2.11. The summed E-state index contributed by atoms with van der Waals surface area (Å²) in [5.41, 5.74) is 2.26. The number of hydrogen-bond donors (Lipinski definition) is 2. The van der Waals surface area contributed by atoms with Gasteiger partial charge in [0.2, 0.25) is 0 Å². The monoisotopic (exact) mass is 222 g/mol. The van der Waals surface area contributed by atoms with E-state index in [0.29, 0.717) is 18.8 Å². The standard InChI is InChI=1S/C14H22O2/c1-11(2)10-12-5-7-13(8-6-12)14(16)4-3-9-15/h5-8,11,14-16H,3-4,9-10H2,1-2H3. The molecule has 0 aliphatic carbocycles. The van der Waals surface area contributed by atoms with Crippen molar-refractivity contribution in [1.29, 1.82) is 0 Å². The molecule has 2 nitrogen and oxygen atoms in total. The second kappa shape index (κ2) is 6.66. The Hall–Kier alpha value is -0.860. The molecule has 0 spiro atoms. The summed E-state index contributed by atoms with van der Waals surface area (Å²) in [5, 5.41) is 18.5. The number of rotatable bonds is 6. The topological polar surface area (TPSA) is 40.5 Å². The van der Waals surface area contributed by atoms with Gasteiger partial charge in [0.15, 0.2) is 0 Å². The van der Waals surface area contributed by atoms with Gasteiger partial charge in [0.05, 0.1) is 6.10 Å². The van der Waals surface area contributed by atoms with Crippen molar-refractivity contribution in [3.05, 3.63) is 35.4 Å². The molecule has 0 aliphatic rings. The molecule has 2 heteroatoms. The van der Waals surface area contributed by atoms with E-state index in [4.69, 9.17) is 5.11 Å². The Morgan fingerprint density at radius 2 is 1.75 bits per heavy atom. The van der Waals surface area contributed by atoms with Crippen LogP contribution in [0.5, 0.6) is 0 Å². The zero-order valence-electron chi connectivity index (χ0n) is 10.2. The summed E-state index contributed by atoms with van der Waals surface area (Å²) in [6, 6.07) is 8.13. The maximum absolute atomic E-state index is 9.81. The summed E-state index contributed by atoms with van der Waals surface area (Å²) in [6.45, 7) is 4.54. The minimum absolute atomic E-state index is 0.141. The van der Waals surface area contributed by atoms with Crippen molar-refractivity contribution in [1.82, 2.24) is 0 Å². The molecular weight excluding hydrogens is 200 g/mol. The first-order valence-corrected chi connectivity index (χ1v) is 6.01. The van der Waals surface area contributed by atoms with Crippen LogP contribution in [-0.2, 0) is 6.42 Å². The van der Waals surface area contributed by atoms with Gasteiger partial charge in [-0.3, -0.25) is 0 Å². The molecule has 0 radical (unpaired) electrons. The highest BCUT2D eigenvalue weighted by Crippen LogP contribution is 2.19. The van der Waals surface area contributed by atoms with Crippen molar-refractivity contribution < 1.29 is 10.2 Å². The molecule has 0 aliphatic heterocycles. The van der Waals surface area contributed by atoms with E-state index in [2.05, 4.69) is 26.0 Å². The van der Waals surface area contributed by atoms with Gasteiger partial charge in [0.1, 0.15) is 0 Å². The van der Waals surface area contributed by atoms with Gasteiger partial charge in [-0.25, -0.2) is 0 Å². The summed E-state index contributed by atoms with van der Waals surface area (Å²) in [7, 11) is 0. The molecule has 0 bridgehead atoms. The summed E-state index contributed by atoms with van der Waals surface area (Å²) in [4.78, 5) is 0. The van der Waals surface area contributed by atoms with E-state index in [0.717, 1.165) is 12.0 Å². The first-order valence-electron chi connectivity index (χ1n) is 6.01. The first-order chi connectivity index (χ1) is 7.63. The fourth-order valence-corrected chi connectivity index (χ4v) is 1.80. The predicted molar refractivity (Wildman–Crippen MR) is 66.3 cm³/mol. The molecule has 1 aromatic carbocycles. The third-order valence-electron chi connectivity index (χ3n) is 2.64. The Labute approximate surface area is 97.9 Å². The quantitative estimate of drug-likeness (QED) is 0.777. The van der Waals surface area contributed by atoms with E-state index in [1.54, 1.807) is 0 Å². The van der Waals surface area contributed by atoms with Gasteiger partial charge in [-0.1, -0.05) is 38.1 Å². The van der Waals surface area contributed by atoms with Crippen LogP contribution in [0, 0.1) is 5.92 Å². The van der Waals surface area contributed by atoms with Crippen LogP contribution in [0.15, 0.2) is 24.3 Å². The zero-order chi connectivity index (χ0) is 12.0. The fraction of sp³-hybridized carbons (Fsp3) is 0.571. The maximum Gasteiger partial charge on any atom is 0.0790 e. The molecule has 0 saturated carbocycles. The molecule has 0 fully saturated rings. The second-order valence-corrected chi connectivity index (χ2v) is 4.72. The molecule has 2 N–H and O–H groups in total. The summed E-state index contributed by atoms with van der Waals surface area (Å²) < 4.78 is 0. The number of aliphatic hydroxyl groups excluding tert-OH is 2. The first kappa shape index (κ1) is 13.2. The van der Waals surface area contributed by atoms with Crippen molar-refractivity contribution in [2.24, 2.45) is 5.92 Å². The molecule has 1 unspecified atom stereocenters. The molecular formula is C14H22O2. The predicted octanol–water partition coefficient (Wildman–Crippen LogP) is 2.69. The Morgan fingerprint density at radius 3 is 2.25 bits per heavy atom. The summed E-state index contributed by atoms with van der Waals surface area (Å²) >= 11 is 0. The molecule has 0 heterocycles. The minimum Gasteiger partial charge on any atom is -0.396 e. The van der Waals surface area contributed by atoms with Gasteiger partial charge in [-0.05, 0) is 36.3 Å². The molecule has 1 rings (SSSR count). The number of benzene rings is 1. The van der Waals surface area contributed by atoms with Crippen molar-refractivity contribution in [3.63, 3.8) is 0 Å². The van der Waals surface area contributed by atoms with E-state index in [1.165, 1.54) is 5.56 Å². The maximum atomic E-state index is 9.81. The minimum atomic E-state index is -0.444. The van der Waals surface area contributed by atoms with Gasteiger partial charge in [-0.2, -0.15) is 0 Å². The van der Waals surface area contributed by atoms with Crippen LogP contribution in [0.25, 0.3) is 0 Å². The molecule has 0 aromatic heterocycles. The average Bonchev–Trinajstić information content (AvgIpc) is 2.26. The third kappa shape index (κ3) is 4.33. The Balaban J connectivity index is 2.56. The smallest absolute Gasteiger partial charge is 0.0790 e. The Kier molecular flexibility index (Phi) is 5.50. The highest BCUT2D eigenvalue weighted by Gasteiger charge is 2.06. The van der Waals surface area contributed by atoms with Crippen LogP contribution in [0.2, 0.25) is 0 Å². The SMILES string of the molecule is CC(C)Cc1ccc(C(O)CCCO)cc1. The lowest BCUT2D eigenvalue weighted by Crippen LogP contribution is -2.00. The lowest BCUT2D eigenvalue weighted by atomic mass is 9.99. The molecule has 90 valence electrons. The third-order valence-corrected chi connectivity index (χ3v) is 2.64. The number of aliphatic hydroxyl groups is 2. The Morgan fingerprint density at radius 1 is 1.12 bits per heavy atom. The van der Waals surface area contributed by atoms with Crippen molar-refractivity contribution in [2.45, 2.75) is 39.2 Å².